The van der Waals surface area contributed by atoms with E-state index in [0.717, 1.165) is 36.6 Å². The van der Waals surface area contributed by atoms with Crippen LogP contribution in [0.4, 0.5) is 0 Å². The fourth-order valence-electron chi connectivity index (χ4n) is 5.10. The number of benzene rings is 1. The lowest BCUT2D eigenvalue weighted by Gasteiger charge is -2.48. The number of hydrogen-bond acceptors (Lipinski definition) is 3. The summed E-state index contributed by atoms with van der Waals surface area (Å²) in [4.78, 5) is 21.0. The summed E-state index contributed by atoms with van der Waals surface area (Å²) >= 11 is 0. The van der Waals surface area contributed by atoms with Crippen molar-refractivity contribution in [2.24, 2.45) is 4.99 Å². The molecule has 0 spiro atoms. The summed E-state index contributed by atoms with van der Waals surface area (Å²) in [6, 6.07) is 7.92. The Bertz CT molecular complexity index is 740. The summed E-state index contributed by atoms with van der Waals surface area (Å²) in [7, 11) is 5.42. The van der Waals surface area contributed by atoms with Crippen LogP contribution in [0, 0.1) is 0 Å². The molecule has 1 aliphatic carbocycles. The maximum atomic E-state index is 12.2. The van der Waals surface area contributed by atoms with Gasteiger partial charge in [0.1, 0.15) is 0 Å². The molecule has 7 heteroatoms. The van der Waals surface area contributed by atoms with Crippen LogP contribution in [-0.4, -0.2) is 74.5 Å². The van der Waals surface area contributed by atoms with Crippen molar-refractivity contribution in [1.29, 1.82) is 0 Å². The number of carbonyl (C=O) groups excluding carboxylic acids is 1. The first-order chi connectivity index (χ1) is 15.0. The largest absolute Gasteiger partial charge is 0.356 e. The topological polar surface area (TPSA) is 60.0 Å². The second-order valence-corrected chi connectivity index (χ2v) is 9.34. The van der Waals surface area contributed by atoms with E-state index in [1.807, 2.05) is 25.2 Å². The Morgan fingerprint density at radius 2 is 1.75 bits per heavy atom. The zero-order valence-electron chi connectivity index (χ0n) is 20.2. The lowest BCUT2D eigenvalue weighted by Crippen LogP contribution is -2.59. The Hall–Kier alpha value is -1.35. The summed E-state index contributed by atoms with van der Waals surface area (Å²) in [6.45, 7) is 4.25. The maximum absolute atomic E-state index is 12.2. The highest BCUT2D eigenvalue weighted by molar-refractivity contribution is 14.0. The molecule has 2 aliphatic rings. The minimum absolute atomic E-state index is 0. The second kappa shape index (κ2) is 13.4. The Morgan fingerprint density at radius 1 is 1.06 bits per heavy atom. The first kappa shape index (κ1) is 26.9. The molecule has 1 aromatic rings. The molecule has 2 N–H and O–H groups in total. The summed E-state index contributed by atoms with van der Waals surface area (Å²) in [5, 5.41) is 7.12. The SMILES string of the molecule is CN=C(NCCc1cccc(C(=O)N(C)C)c1)NCC1(N2CCCCC2)CCCCC1.I. The van der Waals surface area contributed by atoms with E-state index in [9.17, 15) is 4.79 Å². The molecule has 0 aromatic heterocycles. The van der Waals surface area contributed by atoms with Crippen LogP contribution < -0.4 is 10.6 Å². The van der Waals surface area contributed by atoms with Crippen molar-refractivity contribution in [2.75, 3.05) is 47.3 Å². The van der Waals surface area contributed by atoms with Gasteiger partial charge in [-0.2, -0.15) is 0 Å². The molecule has 1 amide bonds. The van der Waals surface area contributed by atoms with Gasteiger partial charge in [-0.05, 0) is 62.9 Å². The van der Waals surface area contributed by atoms with E-state index in [4.69, 9.17) is 0 Å². The third-order valence-electron chi connectivity index (χ3n) is 6.91. The molecule has 0 atom stereocenters. The standard InChI is InChI=1S/C25H41N5O.HI/c1-26-24(27-16-13-21-11-10-12-22(19-21)23(31)29(2)3)28-20-25(14-6-4-7-15-25)30-17-8-5-9-18-30;/h10-12,19H,4-9,13-18,20H2,1-3H3,(H2,26,27,28);1H. The molecule has 3 rings (SSSR count). The van der Waals surface area contributed by atoms with Gasteiger partial charge in [0.25, 0.3) is 5.91 Å². The van der Waals surface area contributed by atoms with E-state index in [1.165, 1.54) is 64.5 Å². The average molecular weight is 556 g/mol. The van der Waals surface area contributed by atoms with Gasteiger partial charge in [0.05, 0.1) is 0 Å². The van der Waals surface area contributed by atoms with E-state index in [2.05, 4.69) is 26.6 Å². The predicted molar refractivity (Wildman–Crippen MR) is 144 cm³/mol. The smallest absolute Gasteiger partial charge is 0.253 e. The normalized spacial score (nSPS) is 19.0. The van der Waals surface area contributed by atoms with Crippen LogP contribution in [0.15, 0.2) is 29.3 Å². The van der Waals surface area contributed by atoms with Crippen molar-refractivity contribution in [1.82, 2.24) is 20.4 Å². The van der Waals surface area contributed by atoms with Gasteiger partial charge in [0, 0.05) is 45.3 Å². The molecule has 2 fully saturated rings. The first-order valence-corrected chi connectivity index (χ1v) is 12.0. The number of aliphatic imine (C=N–C) groups is 1. The fourth-order valence-corrected chi connectivity index (χ4v) is 5.10. The molecular weight excluding hydrogens is 513 g/mol. The van der Waals surface area contributed by atoms with Crippen molar-refractivity contribution < 1.29 is 4.79 Å². The fraction of sp³-hybridized carbons (Fsp3) is 0.680. The minimum atomic E-state index is 0. The number of halogens is 1. The predicted octanol–water partition coefficient (Wildman–Crippen LogP) is 3.90. The molecule has 0 radical (unpaired) electrons. The minimum Gasteiger partial charge on any atom is -0.356 e. The number of nitrogens with one attached hydrogen (secondary N) is 2. The molecule has 1 saturated heterocycles. The molecule has 1 aliphatic heterocycles. The number of carbonyl (C=O) groups is 1. The van der Waals surface area contributed by atoms with Gasteiger partial charge in [0.2, 0.25) is 0 Å². The van der Waals surface area contributed by atoms with Gasteiger partial charge in [-0.15, -0.1) is 24.0 Å². The highest BCUT2D eigenvalue weighted by Crippen LogP contribution is 2.35. The Morgan fingerprint density at radius 3 is 2.41 bits per heavy atom. The van der Waals surface area contributed by atoms with E-state index < -0.39 is 0 Å². The highest BCUT2D eigenvalue weighted by Gasteiger charge is 2.38. The number of amides is 1. The first-order valence-electron chi connectivity index (χ1n) is 12.0. The molecule has 1 saturated carbocycles. The van der Waals surface area contributed by atoms with E-state index in [-0.39, 0.29) is 35.4 Å². The number of rotatable bonds is 7. The van der Waals surface area contributed by atoms with E-state index in [1.54, 1.807) is 19.0 Å². The van der Waals surface area contributed by atoms with Crippen LogP contribution in [0.3, 0.4) is 0 Å². The third-order valence-corrected chi connectivity index (χ3v) is 6.91. The quantitative estimate of drug-likeness (QED) is 0.305. The van der Waals surface area contributed by atoms with Gasteiger partial charge in [0.15, 0.2) is 5.96 Å². The van der Waals surface area contributed by atoms with E-state index in [0.29, 0.717) is 0 Å². The van der Waals surface area contributed by atoms with Gasteiger partial charge in [-0.1, -0.05) is 37.8 Å². The van der Waals surface area contributed by atoms with Crippen molar-refractivity contribution in [2.45, 2.75) is 63.3 Å². The monoisotopic (exact) mass is 555 g/mol. The number of hydrogen-bond donors (Lipinski definition) is 2. The van der Waals surface area contributed by atoms with E-state index >= 15 is 0 Å². The van der Waals surface area contributed by atoms with Gasteiger partial charge in [-0.3, -0.25) is 14.7 Å². The van der Waals surface area contributed by atoms with Gasteiger partial charge in [-0.25, -0.2) is 0 Å². The zero-order valence-corrected chi connectivity index (χ0v) is 22.5. The lowest BCUT2D eigenvalue weighted by molar-refractivity contribution is 0.0368. The van der Waals surface area contributed by atoms with Crippen molar-refractivity contribution in [3.63, 3.8) is 0 Å². The van der Waals surface area contributed by atoms with Crippen LogP contribution in [0.1, 0.15) is 67.3 Å². The van der Waals surface area contributed by atoms with Crippen molar-refractivity contribution in [3.8, 4) is 0 Å². The van der Waals surface area contributed by atoms with Gasteiger partial charge < -0.3 is 15.5 Å². The summed E-state index contributed by atoms with van der Waals surface area (Å²) < 4.78 is 0. The van der Waals surface area contributed by atoms with Crippen LogP contribution in [-0.2, 0) is 6.42 Å². The molecule has 1 heterocycles. The highest BCUT2D eigenvalue weighted by atomic mass is 127. The summed E-state index contributed by atoms with van der Waals surface area (Å²) in [5.74, 6) is 0.922. The van der Waals surface area contributed by atoms with Crippen LogP contribution in [0.2, 0.25) is 0 Å². The summed E-state index contributed by atoms with van der Waals surface area (Å²) in [6.07, 6.45) is 11.6. The number of guanidine groups is 1. The molecule has 32 heavy (non-hydrogen) atoms. The van der Waals surface area contributed by atoms with Crippen molar-refractivity contribution in [3.05, 3.63) is 35.4 Å². The molecule has 1 aromatic carbocycles. The Labute approximate surface area is 211 Å². The van der Waals surface area contributed by atoms with Crippen molar-refractivity contribution >= 4 is 35.8 Å². The molecule has 6 nitrogen and oxygen atoms in total. The van der Waals surface area contributed by atoms with Crippen LogP contribution >= 0.6 is 24.0 Å². The lowest BCUT2D eigenvalue weighted by atomic mass is 9.79. The molecular formula is C25H42IN5O. The van der Waals surface area contributed by atoms with Crippen LogP contribution in [0.25, 0.3) is 0 Å². The average Bonchev–Trinajstić information content (AvgIpc) is 2.82. The molecule has 0 bridgehead atoms. The Kier molecular flexibility index (Phi) is 11.2. The molecule has 180 valence electrons. The molecule has 0 unspecified atom stereocenters. The number of nitrogens with zero attached hydrogens (tertiary/aromatic N) is 3. The number of likely N-dealkylation sites (tertiary alicyclic amines) is 1. The third kappa shape index (κ3) is 7.33. The summed E-state index contributed by atoms with van der Waals surface area (Å²) in [5.41, 5.74) is 2.19. The zero-order chi connectivity index (χ0) is 22.1. The van der Waals surface area contributed by atoms with Gasteiger partial charge >= 0.3 is 0 Å². The second-order valence-electron chi connectivity index (χ2n) is 9.34. The number of piperidine rings is 1. The maximum Gasteiger partial charge on any atom is 0.253 e. The van der Waals surface area contributed by atoms with Crippen LogP contribution in [0.5, 0.6) is 0 Å². The Balaban J connectivity index is 0.00000363.